The average molecular weight is 334 g/mol. The number of hydrogen-bond donors (Lipinski definition) is 2. The molecule has 3 aliphatic rings. The summed E-state index contributed by atoms with van der Waals surface area (Å²) in [5, 5.41) is 20.6. The molecule has 0 spiro atoms. The third-order valence-corrected chi connectivity index (χ3v) is 5.67. The van der Waals surface area contributed by atoms with Crippen molar-refractivity contribution in [1.29, 1.82) is 0 Å². The molecule has 5 atom stereocenters. The first-order valence-corrected chi connectivity index (χ1v) is 8.97. The molecule has 1 aliphatic carbocycles. The van der Waals surface area contributed by atoms with E-state index in [4.69, 9.17) is 9.47 Å². The van der Waals surface area contributed by atoms with Gasteiger partial charge in [-0.3, -0.25) is 0 Å². The average Bonchev–Trinajstić information content (AvgIpc) is 3.08. The number of fused-ring (bicyclic) bond motifs is 1. The second kappa shape index (κ2) is 6.75. The zero-order valence-electron chi connectivity index (χ0n) is 15.0. The van der Waals surface area contributed by atoms with E-state index in [2.05, 4.69) is 33.4 Å². The molecule has 2 fully saturated rings. The summed E-state index contributed by atoms with van der Waals surface area (Å²) >= 11 is 0. The van der Waals surface area contributed by atoms with Crippen LogP contribution < -0.4 is 0 Å². The van der Waals surface area contributed by atoms with E-state index in [1.807, 2.05) is 6.08 Å². The molecule has 2 saturated heterocycles. The number of aliphatic hydroxyl groups is 2. The van der Waals surface area contributed by atoms with Gasteiger partial charge in [-0.15, -0.1) is 0 Å². The highest BCUT2D eigenvalue weighted by Crippen LogP contribution is 2.43. The van der Waals surface area contributed by atoms with Gasteiger partial charge in [0.15, 0.2) is 6.29 Å². The molecular formula is C20H30O4. The highest BCUT2D eigenvalue weighted by atomic mass is 16.6. The summed E-state index contributed by atoms with van der Waals surface area (Å²) in [5.74, 6) is 0.0730. The molecule has 4 nitrogen and oxygen atoms in total. The second-order valence-electron chi connectivity index (χ2n) is 8.04. The summed E-state index contributed by atoms with van der Waals surface area (Å²) in [6.07, 6.45) is 6.29. The van der Waals surface area contributed by atoms with E-state index in [-0.39, 0.29) is 23.5 Å². The highest BCUT2D eigenvalue weighted by molar-refractivity contribution is 5.23. The van der Waals surface area contributed by atoms with Crippen LogP contribution in [0.15, 0.2) is 35.5 Å². The van der Waals surface area contributed by atoms with Gasteiger partial charge >= 0.3 is 0 Å². The monoisotopic (exact) mass is 334 g/mol. The van der Waals surface area contributed by atoms with Crippen LogP contribution in [0.2, 0.25) is 0 Å². The molecule has 4 heteroatoms. The Bertz CT molecular complexity index is 560. The van der Waals surface area contributed by atoms with E-state index in [0.29, 0.717) is 13.0 Å². The van der Waals surface area contributed by atoms with Crippen LogP contribution >= 0.6 is 0 Å². The van der Waals surface area contributed by atoms with Crippen LogP contribution in [0.5, 0.6) is 0 Å². The largest absolute Gasteiger partial charge is 0.389 e. The number of rotatable bonds is 2. The fraction of sp³-hybridized carbons (Fsp3) is 0.700. The van der Waals surface area contributed by atoms with Gasteiger partial charge in [0.25, 0.3) is 0 Å². The Morgan fingerprint density at radius 1 is 1.38 bits per heavy atom. The molecule has 2 heterocycles. The lowest BCUT2D eigenvalue weighted by molar-refractivity contribution is -0.149. The quantitative estimate of drug-likeness (QED) is 0.602. The first-order valence-electron chi connectivity index (χ1n) is 8.97. The van der Waals surface area contributed by atoms with E-state index >= 15 is 0 Å². The Kier molecular flexibility index (Phi) is 5.03. The zero-order chi connectivity index (χ0) is 17.5. The fourth-order valence-corrected chi connectivity index (χ4v) is 4.06. The molecule has 2 aliphatic heterocycles. The summed E-state index contributed by atoms with van der Waals surface area (Å²) in [6, 6.07) is 0. The van der Waals surface area contributed by atoms with Gasteiger partial charge in [-0.2, -0.15) is 0 Å². The van der Waals surface area contributed by atoms with Crippen molar-refractivity contribution in [3.05, 3.63) is 35.5 Å². The van der Waals surface area contributed by atoms with E-state index < -0.39 is 12.4 Å². The lowest BCUT2D eigenvalue weighted by Crippen LogP contribution is -2.39. The van der Waals surface area contributed by atoms with Gasteiger partial charge in [-0.25, -0.2) is 0 Å². The summed E-state index contributed by atoms with van der Waals surface area (Å²) in [5.41, 5.74) is 3.29. The summed E-state index contributed by atoms with van der Waals surface area (Å²) in [4.78, 5) is 0. The standard InChI is InChI=1S/C20H30O4/c1-12-5-7-16-14(6-8-17-20(3,4)24-17)11-23-19(22)18(16)13(2)10-15(21)9-12/h6,9,15-19,21-22H,2,5,7-8,10-11H2,1,3-4H3/b12-9+,14-6-/t15-,16-,17-,18+,19+/m1/s1. The van der Waals surface area contributed by atoms with Crippen LogP contribution in [0, 0.1) is 11.8 Å². The predicted molar refractivity (Wildman–Crippen MR) is 93.3 cm³/mol. The minimum absolute atomic E-state index is 0.0169. The van der Waals surface area contributed by atoms with Gasteiger partial charge in [-0.1, -0.05) is 29.9 Å². The van der Waals surface area contributed by atoms with Gasteiger partial charge in [0.05, 0.1) is 24.4 Å². The van der Waals surface area contributed by atoms with Crippen molar-refractivity contribution in [3.8, 4) is 0 Å². The first kappa shape index (κ1) is 17.9. The molecule has 0 unspecified atom stereocenters. The number of aliphatic hydroxyl groups excluding tert-OH is 2. The van der Waals surface area contributed by atoms with E-state index in [0.717, 1.165) is 24.8 Å². The molecule has 0 aromatic rings. The highest BCUT2D eigenvalue weighted by Gasteiger charge is 2.47. The smallest absolute Gasteiger partial charge is 0.162 e. The van der Waals surface area contributed by atoms with Gasteiger partial charge in [-0.05, 0) is 57.9 Å². The molecule has 24 heavy (non-hydrogen) atoms. The molecule has 0 saturated carbocycles. The van der Waals surface area contributed by atoms with Crippen LogP contribution in [0.1, 0.15) is 46.5 Å². The lowest BCUT2D eigenvalue weighted by atomic mass is 9.75. The minimum Gasteiger partial charge on any atom is -0.389 e. The predicted octanol–water partition coefficient (Wildman–Crippen LogP) is 3.11. The van der Waals surface area contributed by atoms with E-state index in [1.54, 1.807) is 0 Å². The number of allylic oxidation sites excluding steroid dienone is 1. The van der Waals surface area contributed by atoms with E-state index in [1.165, 1.54) is 11.1 Å². The summed E-state index contributed by atoms with van der Waals surface area (Å²) < 4.78 is 11.3. The SMILES string of the molecule is C=C1C[C@H](O)/C=C(\C)CC[C@@H]2/C(=C\C[C@H]3OC3(C)C)CO[C@H](O)[C@@H]12. The molecule has 0 bridgehead atoms. The maximum Gasteiger partial charge on any atom is 0.162 e. The summed E-state index contributed by atoms with van der Waals surface area (Å²) in [7, 11) is 0. The zero-order valence-corrected chi connectivity index (χ0v) is 15.0. The van der Waals surface area contributed by atoms with Crippen molar-refractivity contribution < 1.29 is 19.7 Å². The number of epoxide rings is 1. The Hall–Kier alpha value is -0.940. The van der Waals surface area contributed by atoms with Crippen LogP contribution in [0.3, 0.4) is 0 Å². The van der Waals surface area contributed by atoms with Crippen molar-refractivity contribution >= 4 is 0 Å². The normalized spacial score (nSPS) is 43.2. The van der Waals surface area contributed by atoms with Crippen LogP contribution in [-0.4, -0.2) is 40.9 Å². The first-order chi connectivity index (χ1) is 11.3. The fourth-order valence-electron chi connectivity index (χ4n) is 4.06. The summed E-state index contributed by atoms with van der Waals surface area (Å²) in [6.45, 7) is 10.9. The third-order valence-electron chi connectivity index (χ3n) is 5.67. The van der Waals surface area contributed by atoms with Crippen LogP contribution in [-0.2, 0) is 9.47 Å². The molecule has 0 amide bonds. The van der Waals surface area contributed by atoms with E-state index in [9.17, 15) is 10.2 Å². The van der Waals surface area contributed by atoms with Gasteiger partial charge < -0.3 is 19.7 Å². The number of ether oxygens (including phenoxy) is 2. The van der Waals surface area contributed by atoms with Gasteiger partial charge in [0, 0.05) is 5.92 Å². The maximum atomic E-state index is 10.4. The minimum atomic E-state index is -0.834. The van der Waals surface area contributed by atoms with Crippen LogP contribution in [0.4, 0.5) is 0 Å². The third kappa shape index (κ3) is 3.83. The molecular weight excluding hydrogens is 304 g/mol. The van der Waals surface area contributed by atoms with Gasteiger partial charge in [0.1, 0.15) is 0 Å². The molecule has 2 N–H and O–H groups in total. The lowest BCUT2D eigenvalue weighted by Gasteiger charge is -2.39. The molecule has 0 radical (unpaired) electrons. The molecule has 0 aromatic carbocycles. The molecule has 3 rings (SSSR count). The maximum absolute atomic E-state index is 10.4. The van der Waals surface area contributed by atoms with Crippen molar-refractivity contribution in [3.63, 3.8) is 0 Å². The van der Waals surface area contributed by atoms with Crippen molar-refractivity contribution in [2.24, 2.45) is 11.8 Å². The van der Waals surface area contributed by atoms with Crippen molar-refractivity contribution in [2.45, 2.75) is 70.6 Å². The Balaban J connectivity index is 1.81. The van der Waals surface area contributed by atoms with Crippen molar-refractivity contribution in [2.75, 3.05) is 6.61 Å². The second-order valence-corrected chi connectivity index (χ2v) is 8.04. The number of hydrogen-bond acceptors (Lipinski definition) is 4. The topological polar surface area (TPSA) is 62.2 Å². The molecule has 134 valence electrons. The Morgan fingerprint density at radius 3 is 2.75 bits per heavy atom. The van der Waals surface area contributed by atoms with Crippen LogP contribution in [0.25, 0.3) is 0 Å². The Labute approximate surface area is 144 Å². The Morgan fingerprint density at radius 2 is 2.08 bits per heavy atom. The van der Waals surface area contributed by atoms with Crippen molar-refractivity contribution in [1.82, 2.24) is 0 Å². The van der Waals surface area contributed by atoms with Gasteiger partial charge in [0.2, 0.25) is 0 Å². The molecule has 0 aromatic heterocycles.